The predicted octanol–water partition coefficient (Wildman–Crippen LogP) is 1.77. The second kappa shape index (κ2) is 6.47. The first-order valence-corrected chi connectivity index (χ1v) is 6.41. The summed E-state index contributed by atoms with van der Waals surface area (Å²) in [6.45, 7) is 0.521. The maximum Gasteiger partial charge on any atom is 0.446 e. The van der Waals surface area contributed by atoms with Gasteiger partial charge in [-0.1, -0.05) is 0 Å². The molecule has 0 bridgehead atoms. The first-order chi connectivity index (χ1) is 9.19. The van der Waals surface area contributed by atoms with E-state index >= 15 is 0 Å². The third-order valence-electron chi connectivity index (χ3n) is 2.46. The number of halogens is 3. The van der Waals surface area contributed by atoms with Crippen molar-refractivity contribution in [3.8, 4) is 0 Å². The Balaban J connectivity index is 2.76. The Hall–Kier alpha value is -1.25. The van der Waals surface area contributed by atoms with Crippen LogP contribution >= 0.6 is 11.8 Å². The normalized spacial score (nSPS) is 12.3. The summed E-state index contributed by atoms with van der Waals surface area (Å²) in [5.41, 5.74) is -5.42. The minimum absolute atomic E-state index is 0.0267. The average molecular weight is 309 g/mol. The molecule has 3 N–H and O–H groups in total. The number of carbonyl (C=O) groups excluding carboxylic acids is 1. The van der Waals surface area contributed by atoms with Crippen molar-refractivity contribution in [2.45, 2.75) is 22.9 Å². The quantitative estimate of drug-likeness (QED) is 0.725. The monoisotopic (exact) mass is 309 g/mol. The van der Waals surface area contributed by atoms with Crippen LogP contribution in [-0.2, 0) is 0 Å². The van der Waals surface area contributed by atoms with Gasteiger partial charge >= 0.3 is 5.51 Å². The average Bonchev–Trinajstić information content (AvgIpc) is 2.37. The topological polar surface area (TPSA) is 69.6 Å². The lowest BCUT2D eigenvalue weighted by Gasteiger charge is -2.26. The van der Waals surface area contributed by atoms with Crippen LogP contribution in [0.15, 0.2) is 29.2 Å². The fraction of sp³-hybridized carbons (Fsp3) is 0.417. The minimum atomic E-state index is -4.38. The van der Waals surface area contributed by atoms with Gasteiger partial charge in [-0.2, -0.15) is 13.2 Å². The van der Waals surface area contributed by atoms with Crippen LogP contribution in [-0.4, -0.2) is 40.4 Å². The Bertz CT molecular complexity index is 458. The number of nitrogens with one attached hydrogen (secondary N) is 1. The number of hydrogen-bond acceptors (Lipinski definition) is 4. The molecule has 0 spiro atoms. The van der Waals surface area contributed by atoms with E-state index in [1.807, 2.05) is 0 Å². The van der Waals surface area contributed by atoms with Crippen LogP contribution in [0.1, 0.15) is 17.3 Å². The van der Waals surface area contributed by atoms with Crippen LogP contribution in [0.5, 0.6) is 0 Å². The third-order valence-corrected chi connectivity index (χ3v) is 3.20. The van der Waals surface area contributed by atoms with Gasteiger partial charge in [0.05, 0.1) is 18.8 Å². The summed E-state index contributed by atoms with van der Waals surface area (Å²) < 4.78 is 36.4. The number of aliphatic hydroxyl groups excluding tert-OH is 2. The summed E-state index contributed by atoms with van der Waals surface area (Å²) in [6.07, 6.45) is 0. The Morgan fingerprint density at radius 1 is 1.20 bits per heavy atom. The van der Waals surface area contributed by atoms with Crippen molar-refractivity contribution in [2.24, 2.45) is 0 Å². The highest BCUT2D eigenvalue weighted by Gasteiger charge is 2.29. The van der Waals surface area contributed by atoms with E-state index in [0.29, 0.717) is 0 Å². The molecule has 4 nitrogen and oxygen atoms in total. The Labute approximate surface area is 118 Å². The highest BCUT2D eigenvalue weighted by atomic mass is 32.2. The molecule has 112 valence electrons. The van der Waals surface area contributed by atoms with E-state index in [2.05, 4.69) is 5.32 Å². The van der Waals surface area contributed by atoms with Crippen molar-refractivity contribution in [3.05, 3.63) is 29.8 Å². The standard InChI is InChI=1S/C12H14F3NO3S/c1-11(6-17,7-18)16-10(19)8-2-4-9(5-3-8)20-12(13,14)15/h2-5,17-18H,6-7H2,1H3,(H,16,19). The summed E-state index contributed by atoms with van der Waals surface area (Å²) in [5, 5.41) is 20.5. The van der Waals surface area contributed by atoms with Gasteiger partial charge in [0.1, 0.15) is 0 Å². The number of aliphatic hydroxyl groups is 2. The van der Waals surface area contributed by atoms with Crippen LogP contribution in [0, 0.1) is 0 Å². The van der Waals surface area contributed by atoms with Gasteiger partial charge in [0.25, 0.3) is 5.91 Å². The molecule has 0 aliphatic heterocycles. The van der Waals surface area contributed by atoms with Gasteiger partial charge in [0.2, 0.25) is 0 Å². The van der Waals surface area contributed by atoms with Gasteiger partial charge in [0.15, 0.2) is 0 Å². The lowest BCUT2D eigenvalue weighted by atomic mass is 10.0. The molecule has 20 heavy (non-hydrogen) atoms. The van der Waals surface area contributed by atoms with Gasteiger partial charge in [-0.15, -0.1) is 0 Å². The minimum Gasteiger partial charge on any atom is -0.394 e. The fourth-order valence-corrected chi connectivity index (χ4v) is 1.82. The molecule has 1 amide bonds. The number of thioether (sulfide) groups is 1. The van der Waals surface area contributed by atoms with E-state index in [1.54, 1.807) is 0 Å². The van der Waals surface area contributed by atoms with Crippen LogP contribution in [0.3, 0.4) is 0 Å². The van der Waals surface area contributed by atoms with Crippen molar-refractivity contribution in [1.82, 2.24) is 5.32 Å². The van der Waals surface area contributed by atoms with Gasteiger partial charge in [-0.3, -0.25) is 4.79 Å². The van der Waals surface area contributed by atoms with E-state index in [4.69, 9.17) is 10.2 Å². The first kappa shape index (κ1) is 16.8. The van der Waals surface area contributed by atoms with Crippen LogP contribution in [0.4, 0.5) is 13.2 Å². The van der Waals surface area contributed by atoms with Crippen molar-refractivity contribution in [3.63, 3.8) is 0 Å². The number of amides is 1. The molecular formula is C12H14F3NO3S. The molecule has 8 heteroatoms. The number of hydrogen-bond donors (Lipinski definition) is 3. The van der Waals surface area contributed by atoms with Crippen LogP contribution in [0.25, 0.3) is 0 Å². The molecule has 0 aliphatic carbocycles. The smallest absolute Gasteiger partial charge is 0.394 e. The maximum absolute atomic E-state index is 12.1. The van der Waals surface area contributed by atoms with Crippen molar-refractivity contribution in [2.75, 3.05) is 13.2 Å². The SMILES string of the molecule is CC(CO)(CO)NC(=O)c1ccc(SC(F)(F)F)cc1. The molecule has 1 rings (SSSR count). The molecule has 0 aliphatic rings. The number of alkyl halides is 3. The third kappa shape index (κ3) is 5.03. The summed E-state index contributed by atoms with van der Waals surface area (Å²) in [6, 6.07) is 4.86. The molecule has 0 saturated heterocycles. The number of rotatable bonds is 5. The maximum atomic E-state index is 12.1. The summed E-state index contributed by atoms with van der Waals surface area (Å²) in [5.74, 6) is -0.584. The molecule has 0 unspecified atom stereocenters. The van der Waals surface area contributed by atoms with E-state index in [9.17, 15) is 18.0 Å². The molecule has 0 fully saturated rings. The Kier molecular flexibility index (Phi) is 5.43. The van der Waals surface area contributed by atoms with Gasteiger partial charge in [-0.25, -0.2) is 0 Å². The Morgan fingerprint density at radius 3 is 2.10 bits per heavy atom. The van der Waals surface area contributed by atoms with Crippen molar-refractivity contribution >= 4 is 17.7 Å². The highest BCUT2D eigenvalue weighted by molar-refractivity contribution is 8.00. The predicted molar refractivity (Wildman–Crippen MR) is 68.4 cm³/mol. The molecule has 0 aromatic heterocycles. The molecular weight excluding hydrogens is 295 g/mol. The van der Waals surface area contributed by atoms with Crippen molar-refractivity contribution < 1.29 is 28.2 Å². The van der Waals surface area contributed by atoms with E-state index in [0.717, 1.165) is 0 Å². The zero-order valence-electron chi connectivity index (χ0n) is 10.6. The lowest BCUT2D eigenvalue weighted by Crippen LogP contribution is -2.51. The summed E-state index contributed by atoms with van der Waals surface area (Å²) in [4.78, 5) is 11.8. The first-order valence-electron chi connectivity index (χ1n) is 5.59. The van der Waals surface area contributed by atoms with Crippen LogP contribution < -0.4 is 5.32 Å². The number of carbonyl (C=O) groups is 1. The van der Waals surface area contributed by atoms with Gasteiger partial charge < -0.3 is 15.5 Å². The summed E-state index contributed by atoms with van der Waals surface area (Å²) in [7, 11) is 0. The largest absolute Gasteiger partial charge is 0.446 e. The van der Waals surface area contributed by atoms with Gasteiger partial charge in [-0.05, 0) is 43.0 Å². The molecule has 1 aromatic rings. The van der Waals surface area contributed by atoms with E-state index in [-0.39, 0.29) is 22.2 Å². The van der Waals surface area contributed by atoms with Crippen molar-refractivity contribution in [1.29, 1.82) is 0 Å². The Morgan fingerprint density at radius 2 is 1.70 bits per heavy atom. The van der Waals surface area contributed by atoms with E-state index in [1.165, 1.54) is 31.2 Å². The molecule has 1 aromatic carbocycles. The second-order valence-electron chi connectivity index (χ2n) is 4.40. The molecule has 0 radical (unpaired) electrons. The zero-order chi connectivity index (χ0) is 15.4. The van der Waals surface area contributed by atoms with E-state index < -0.39 is 30.2 Å². The molecule has 0 atom stereocenters. The highest BCUT2D eigenvalue weighted by Crippen LogP contribution is 2.36. The van der Waals surface area contributed by atoms with Gasteiger partial charge in [0, 0.05) is 10.5 Å². The van der Waals surface area contributed by atoms with Crippen LogP contribution in [0.2, 0.25) is 0 Å². The molecule has 0 saturated carbocycles. The number of benzene rings is 1. The lowest BCUT2D eigenvalue weighted by molar-refractivity contribution is -0.0328. The summed E-state index contributed by atoms with van der Waals surface area (Å²) >= 11 is -0.268. The second-order valence-corrected chi connectivity index (χ2v) is 5.54. The zero-order valence-corrected chi connectivity index (χ0v) is 11.4. The molecule has 0 heterocycles. The fourth-order valence-electron chi connectivity index (χ4n) is 1.28.